The highest BCUT2D eigenvalue weighted by molar-refractivity contribution is 5.16. The van der Waals surface area contributed by atoms with E-state index in [9.17, 15) is 0 Å². The Hall–Kier alpha value is -0.930. The molecular formula is C11H17N3. The van der Waals surface area contributed by atoms with Crippen molar-refractivity contribution in [1.82, 2.24) is 9.88 Å². The van der Waals surface area contributed by atoms with E-state index in [2.05, 4.69) is 16.9 Å². The molecule has 1 aliphatic heterocycles. The third-order valence-electron chi connectivity index (χ3n) is 3.05. The Kier molecular flexibility index (Phi) is 2.52. The summed E-state index contributed by atoms with van der Waals surface area (Å²) in [5, 5.41) is 0. The molecule has 0 saturated carbocycles. The zero-order valence-corrected chi connectivity index (χ0v) is 8.61. The lowest BCUT2D eigenvalue weighted by atomic mass is 9.85. The summed E-state index contributed by atoms with van der Waals surface area (Å²) < 4.78 is 0. The minimum Gasteiger partial charge on any atom is -0.320 e. The van der Waals surface area contributed by atoms with Crippen LogP contribution in [-0.2, 0) is 5.54 Å². The molecule has 1 aromatic heterocycles. The van der Waals surface area contributed by atoms with Crippen molar-refractivity contribution in [2.24, 2.45) is 5.73 Å². The fraction of sp³-hybridized carbons (Fsp3) is 0.545. The lowest BCUT2D eigenvalue weighted by Gasteiger charge is -2.37. The summed E-state index contributed by atoms with van der Waals surface area (Å²) in [6.07, 6.45) is 3.82. The molecule has 2 heterocycles. The van der Waals surface area contributed by atoms with Crippen LogP contribution in [0.4, 0.5) is 0 Å². The maximum atomic E-state index is 6.35. The van der Waals surface area contributed by atoms with Crippen LogP contribution in [0.15, 0.2) is 24.4 Å². The lowest BCUT2D eigenvalue weighted by molar-refractivity contribution is 0.188. The van der Waals surface area contributed by atoms with E-state index in [1.54, 1.807) is 0 Å². The molecule has 76 valence electrons. The van der Waals surface area contributed by atoms with Gasteiger partial charge in [0.1, 0.15) is 0 Å². The number of nitrogens with two attached hydrogens (primary N) is 1. The highest BCUT2D eigenvalue weighted by atomic mass is 15.1. The van der Waals surface area contributed by atoms with Crippen molar-refractivity contribution >= 4 is 0 Å². The van der Waals surface area contributed by atoms with Crippen molar-refractivity contribution in [2.75, 3.05) is 20.1 Å². The van der Waals surface area contributed by atoms with Crippen LogP contribution in [0.25, 0.3) is 0 Å². The molecule has 0 unspecified atom stereocenters. The van der Waals surface area contributed by atoms with Crippen molar-refractivity contribution in [1.29, 1.82) is 0 Å². The number of hydrogen-bond donors (Lipinski definition) is 1. The van der Waals surface area contributed by atoms with Crippen molar-refractivity contribution in [2.45, 2.75) is 18.4 Å². The third-order valence-corrected chi connectivity index (χ3v) is 3.05. The first kappa shape index (κ1) is 9.62. The van der Waals surface area contributed by atoms with Crippen molar-refractivity contribution in [3.8, 4) is 0 Å². The molecule has 3 heteroatoms. The molecule has 1 saturated heterocycles. The highest BCUT2D eigenvalue weighted by Crippen LogP contribution is 2.27. The van der Waals surface area contributed by atoms with Crippen LogP contribution in [0.3, 0.4) is 0 Å². The molecule has 1 aromatic rings. The van der Waals surface area contributed by atoms with Gasteiger partial charge < -0.3 is 10.6 Å². The molecule has 3 nitrogen and oxygen atoms in total. The topological polar surface area (TPSA) is 42.1 Å². The number of likely N-dealkylation sites (tertiary alicyclic amines) is 1. The van der Waals surface area contributed by atoms with E-state index in [-0.39, 0.29) is 5.54 Å². The molecule has 0 spiro atoms. The van der Waals surface area contributed by atoms with E-state index in [4.69, 9.17) is 5.73 Å². The van der Waals surface area contributed by atoms with Gasteiger partial charge in [-0.1, -0.05) is 6.07 Å². The van der Waals surface area contributed by atoms with E-state index in [0.717, 1.165) is 31.6 Å². The summed E-state index contributed by atoms with van der Waals surface area (Å²) in [7, 11) is 2.14. The first-order valence-electron chi connectivity index (χ1n) is 5.10. The fourth-order valence-electron chi connectivity index (χ4n) is 1.93. The van der Waals surface area contributed by atoms with Crippen molar-refractivity contribution < 1.29 is 0 Å². The maximum Gasteiger partial charge on any atom is 0.0608 e. The van der Waals surface area contributed by atoms with Gasteiger partial charge in [0.25, 0.3) is 0 Å². The second-order valence-electron chi connectivity index (χ2n) is 4.17. The smallest absolute Gasteiger partial charge is 0.0608 e. The molecule has 1 aliphatic rings. The number of piperidine rings is 1. The largest absolute Gasteiger partial charge is 0.320 e. The maximum absolute atomic E-state index is 6.35. The van der Waals surface area contributed by atoms with Crippen LogP contribution in [0, 0.1) is 0 Å². The standard InChI is InChI=1S/C11H17N3/c1-14-8-5-11(12,6-9-14)10-4-2-3-7-13-10/h2-4,7H,5-6,8-9,12H2,1H3. The minimum absolute atomic E-state index is 0.201. The Morgan fingerprint density at radius 3 is 2.64 bits per heavy atom. The highest BCUT2D eigenvalue weighted by Gasteiger charge is 2.32. The monoisotopic (exact) mass is 191 g/mol. The van der Waals surface area contributed by atoms with Gasteiger partial charge in [0.05, 0.1) is 11.2 Å². The number of nitrogens with zero attached hydrogens (tertiary/aromatic N) is 2. The predicted molar refractivity (Wildman–Crippen MR) is 56.8 cm³/mol. The minimum atomic E-state index is -0.201. The van der Waals surface area contributed by atoms with E-state index >= 15 is 0 Å². The number of aromatic nitrogens is 1. The van der Waals surface area contributed by atoms with Gasteiger partial charge in [-0.15, -0.1) is 0 Å². The normalized spacial score (nSPS) is 22.1. The summed E-state index contributed by atoms with van der Waals surface area (Å²) in [4.78, 5) is 6.67. The van der Waals surface area contributed by atoms with Crippen LogP contribution < -0.4 is 5.73 Å². The molecule has 0 radical (unpaired) electrons. The number of hydrogen-bond acceptors (Lipinski definition) is 3. The summed E-state index contributed by atoms with van der Waals surface area (Å²) in [5.74, 6) is 0. The third kappa shape index (κ3) is 1.79. The predicted octanol–water partition coefficient (Wildman–Crippen LogP) is 0.961. The Morgan fingerprint density at radius 2 is 2.07 bits per heavy atom. The van der Waals surface area contributed by atoms with Gasteiger partial charge >= 0.3 is 0 Å². The van der Waals surface area contributed by atoms with Gasteiger partial charge in [0.15, 0.2) is 0 Å². The summed E-state index contributed by atoms with van der Waals surface area (Å²) in [6, 6.07) is 5.97. The molecule has 2 rings (SSSR count). The zero-order valence-electron chi connectivity index (χ0n) is 8.61. The van der Waals surface area contributed by atoms with E-state index in [0.29, 0.717) is 0 Å². The molecule has 0 aliphatic carbocycles. The van der Waals surface area contributed by atoms with Gasteiger partial charge in [-0.2, -0.15) is 0 Å². The molecule has 0 amide bonds. The van der Waals surface area contributed by atoms with Gasteiger partial charge in [0, 0.05) is 6.20 Å². The molecule has 1 fully saturated rings. The van der Waals surface area contributed by atoms with Gasteiger partial charge in [-0.05, 0) is 45.1 Å². The van der Waals surface area contributed by atoms with E-state index in [1.807, 2.05) is 24.4 Å². The molecule has 14 heavy (non-hydrogen) atoms. The zero-order chi connectivity index (χ0) is 10.0. The average molecular weight is 191 g/mol. The molecule has 0 bridgehead atoms. The van der Waals surface area contributed by atoms with Crippen LogP contribution in [0.1, 0.15) is 18.5 Å². The Morgan fingerprint density at radius 1 is 1.36 bits per heavy atom. The summed E-state index contributed by atoms with van der Waals surface area (Å²) in [6.45, 7) is 2.13. The summed E-state index contributed by atoms with van der Waals surface area (Å²) >= 11 is 0. The van der Waals surface area contributed by atoms with E-state index < -0.39 is 0 Å². The molecule has 0 aromatic carbocycles. The Bertz CT molecular complexity index is 289. The molecular weight excluding hydrogens is 174 g/mol. The van der Waals surface area contributed by atoms with Crippen LogP contribution >= 0.6 is 0 Å². The quantitative estimate of drug-likeness (QED) is 0.719. The van der Waals surface area contributed by atoms with E-state index in [1.165, 1.54) is 0 Å². The SMILES string of the molecule is CN1CCC(N)(c2ccccn2)CC1. The average Bonchev–Trinajstić information content (AvgIpc) is 2.24. The number of rotatable bonds is 1. The van der Waals surface area contributed by atoms with Gasteiger partial charge in [0.2, 0.25) is 0 Å². The Labute approximate surface area is 84.9 Å². The van der Waals surface area contributed by atoms with Crippen LogP contribution in [-0.4, -0.2) is 30.0 Å². The first-order chi connectivity index (χ1) is 6.71. The van der Waals surface area contributed by atoms with Gasteiger partial charge in [-0.25, -0.2) is 0 Å². The van der Waals surface area contributed by atoms with Crippen molar-refractivity contribution in [3.05, 3.63) is 30.1 Å². The first-order valence-corrected chi connectivity index (χ1v) is 5.10. The molecule has 2 N–H and O–H groups in total. The Balaban J connectivity index is 2.17. The second kappa shape index (κ2) is 3.67. The van der Waals surface area contributed by atoms with Crippen LogP contribution in [0.5, 0.6) is 0 Å². The van der Waals surface area contributed by atoms with Gasteiger partial charge in [-0.3, -0.25) is 4.98 Å². The lowest BCUT2D eigenvalue weighted by Crippen LogP contribution is -2.47. The van der Waals surface area contributed by atoms with Crippen LogP contribution in [0.2, 0.25) is 0 Å². The number of pyridine rings is 1. The van der Waals surface area contributed by atoms with Crippen molar-refractivity contribution in [3.63, 3.8) is 0 Å². The fourth-order valence-corrected chi connectivity index (χ4v) is 1.93. The molecule has 0 atom stereocenters. The summed E-state index contributed by atoms with van der Waals surface area (Å²) in [5.41, 5.74) is 7.19. The second-order valence-corrected chi connectivity index (χ2v) is 4.17.